The molecule has 0 spiro atoms. The first-order valence-corrected chi connectivity index (χ1v) is 6.76. The van der Waals surface area contributed by atoms with Crippen molar-refractivity contribution in [3.05, 3.63) is 28.8 Å². The quantitative estimate of drug-likeness (QED) is 0.777. The number of nitrogens with one attached hydrogen (secondary N) is 1. The molecule has 0 atom stereocenters. The molecule has 1 aromatic rings. The van der Waals surface area contributed by atoms with E-state index in [1.165, 1.54) is 11.1 Å². The van der Waals surface area contributed by atoms with E-state index in [1.54, 1.807) is 0 Å². The lowest BCUT2D eigenvalue weighted by molar-refractivity contribution is -0.121. The number of carbonyl (C=O) groups is 1. The molecule has 100 valence electrons. The van der Waals surface area contributed by atoms with Crippen LogP contribution >= 0.6 is 12.6 Å². The molecule has 0 bridgehead atoms. The fourth-order valence-corrected chi connectivity index (χ4v) is 1.80. The molecule has 0 saturated heterocycles. The third kappa shape index (κ3) is 4.61. The highest BCUT2D eigenvalue weighted by Crippen LogP contribution is 2.23. The predicted molar refractivity (Wildman–Crippen MR) is 77.6 cm³/mol. The Morgan fingerprint density at radius 2 is 2.06 bits per heavy atom. The second-order valence-electron chi connectivity index (χ2n) is 4.38. The minimum atomic E-state index is 0.00563. The smallest absolute Gasteiger partial charge is 0.223 e. The largest absolute Gasteiger partial charge is 0.493 e. The zero-order chi connectivity index (χ0) is 13.5. The Hall–Kier alpha value is -1.16. The summed E-state index contributed by atoms with van der Waals surface area (Å²) in [6.45, 7) is 7.14. The maximum atomic E-state index is 11.4. The Morgan fingerprint density at radius 1 is 1.33 bits per heavy atom. The highest BCUT2D eigenvalue weighted by Gasteiger charge is 2.05. The van der Waals surface area contributed by atoms with Crippen molar-refractivity contribution in [2.75, 3.05) is 18.9 Å². The van der Waals surface area contributed by atoms with Crippen LogP contribution in [0.5, 0.6) is 5.75 Å². The molecular weight excluding hydrogens is 246 g/mol. The van der Waals surface area contributed by atoms with Crippen LogP contribution in [0.2, 0.25) is 0 Å². The molecule has 0 fully saturated rings. The van der Waals surface area contributed by atoms with Crippen molar-refractivity contribution in [3.8, 4) is 5.75 Å². The Labute approximate surface area is 114 Å². The summed E-state index contributed by atoms with van der Waals surface area (Å²) in [7, 11) is 0. The van der Waals surface area contributed by atoms with Crippen molar-refractivity contribution >= 4 is 18.5 Å². The van der Waals surface area contributed by atoms with Gasteiger partial charge in [0.05, 0.1) is 13.0 Å². The molecule has 1 aromatic carbocycles. The van der Waals surface area contributed by atoms with E-state index in [4.69, 9.17) is 4.74 Å². The fourth-order valence-electron chi connectivity index (χ4n) is 1.69. The average molecular weight is 267 g/mol. The molecule has 3 nitrogen and oxygen atoms in total. The maximum absolute atomic E-state index is 11.4. The molecule has 0 aromatic heterocycles. The van der Waals surface area contributed by atoms with Gasteiger partial charge >= 0.3 is 0 Å². The molecule has 0 saturated carbocycles. The summed E-state index contributed by atoms with van der Waals surface area (Å²) < 4.78 is 5.67. The summed E-state index contributed by atoms with van der Waals surface area (Å²) >= 11 is 4.03. The number of aryl methyl sites for hydroxylation is 2. The first-order chi connectivity index (χ1) is 8.54. The Balaban J connectivity index is 2.46. The molecule has 0 radical (unpaired) electrons. The van der Waals surface area contributed by atoms with Crippen LogP contribution in [0.15, 0.2) is 12.1 Å². The molecule has 0 heterocycles. The van der Waals surface area contributed by atoms with Crippen molar-refractivity contribution in [2.45, 2.75) is 27.2 Å². The Kier molecular flexibility index (Phi) is 6.05. The van der Waals surface area contributed by atoms with Gasteiger partial charge in [-0.3, -0.25) is 4.79 Å². The molecule has 1 rings (SSSR count). The molecule has 4 heteroatoms. The van der Waals surface area contributed by atoms with Crippen LogP contribution in [0, 0.1) is 20.8 Å². The summed E-state index contributed by atoms with van der Waals surface area (Å²) in [5.41, 5.74) is 3.52. The monoisotopic (exact) mass is 267 g/mol. The number of carbonyl (C=O) groups excluding carboxylic acids is 1. The second-order valence-corrected chi connectivity index (χ2v) is 4.82. The molecular formula is C14H21NO2S. The van der Waals surface area contributed by atoms with Gasteiger partial charge in [0.1, 0.15) is 5.75 Å². The normalized spacial score (nSPS) is 10.2. The molecule has 18 heavy (non-hydrogen) atoms. The summed E-state index contributed by atoms with van der Waals surface area (Å²) in [6.07, 6.45) is 0.375. The molecule has 0 aliphatic rings. The molecule has 0 unspecified atom stereocenters. The van der Waals surface area contributed by atoms with E-state index in [2.05, 4.69) is 30.9 Å². The maximum Gasteiger partial charge on any atom is 0.223 e. The van der Waals surface area contributed by atoms with E-state index >= 15 is 0 Å². The van der Waals surface area contributed by atoms with E-state index < -0.39 is 0 Å². The van der Waals surface area contributed by atoms with Crippen LogP contribution in [0.1, 0.15) is 23.1 Å². The Morgan fingerprint density at radius 3 is 2.72 bits per heavy atom. The third-order valence-corrected chi connectivity index (χ3v) is 3.01. The van der Waals surface area contributed by atoms with Gasteiger partial charge in [-0.05, 0) is 43.5 Å². The highest BCUT2D eigenvalue weighted by atomic mass is 32.1. The van der Waals surface area contributed by atoms with E-state index in [1.807, 2.05) is 19.9 Å². The third-order valence-electron chi connectivity index (χ3n) is 2.78. The fraction of sp³-hybridized carbons (Fsp3) is 0.500. The van der Waals surface area contributed by atoms with E-state index in [-0.39, 0.29) is 5.91 Å². The minimum absolute atomic E-state index is 0.00563. The van der Waals surface area contributed by atoms with Gasteiger partial charge in [0, 0.05) is 12.3 Å². The lowest BCUT2D eigenvalue weighted by Crippen LogP contribution is -2.26. The molecule has 1 amide bonds. The molecule has 0 aliphatic heterocycles. The first kappa shape index (κ1) is 14.9. The van der Waals surface area contributed by atoms with Crippen LogP contribution in [0.25, 0.3) is 0 Å². The predicted octanol–water partition coefficient (Wildman–Crippen LogP) is 2.43. The van der Waals surface area contributed by atoms with Crippen LogP contribution < -0.4 is 10.1 Å². The van der Waals surface area contributed by atoms with Crippen molar-refractivity contribution < 1.29 is 9.53 Å². The van der Waals surface area contributed by atoms with Gasteiger partial charge < -0.3 is 10.1 Å². The van der Waals surface area contributed by atoms with Gasteiger partial charge in [0.2, 0.25) is 5.91 Å². The topological polar surface area (TPSA) is 38.3 Å². The number of hydrogen-bond acceptors (Lipinski definition) is 3. The summed E-state index contributed by atoms with van der Waals surface area (Å²) in [4.78, 5) is 11.4. The first-order valence-electron chi connectivity index (χ1n) is 6.12. The van der Waals surface area contributed by atoms with Gasteiger partial charge in [-0.15, -0.1) is 0 Å². The number of hydrogen-bond donors (Lipinski definition) is 2. The van der Waals surface area contributed by atoms with E-state index in [9.17, 15) is 4.79 Å². The number of rotatable bonds is 6. The molecule has 0 aliphatic carbocycles. The number of benzene rings is 1. The summed E-state index contributed by atoms with van der Waals surface area (Å²) in [5.74, 6) is 1.53. The van der Waals surface area contributed by atoms with Crippen LogP contribution in [0.3, 0.4) is 0 Å². The summed E-state index contributed by atoms with van der Waals surface area (Å²) in [5, 5.41) is 2.76. The van der Waals surface area contributed by atoms with Gasteiger partial charge in [0.25, 0.3) is 0 Å². The van der Waals surface area contributed by atoms with E-state index in [0.717, 1.165) is 11.3 Å². The summed E-state index contributed by atoms with van der Waals surface area (Å²) in [6, 6.07) is 4.13. The Bertz CT molecular complexity index is 419. The zero-order valence-electron chi connectivity index (χ0n) is 11.2. The standard InChI is InChI=1S/C14H21NO2S/c1-10-8-11(2)12(3)13(9-10)17-6-4-14(16)15-5-7-18/h8-9,18H,4-7H2,1-3H3,(H,15,16). The van der Waals surface area contributed by atoms with Crippen LogP contribution in [-0.4, -0.2) is 24.8 Å². The highest BCUT2D eigenvalue weighted by molar-refractivity contribution is 7.80. The SMILES string of the molecule is Cc1cc(C)c(C)c(OCCC(=O)NCCS)c1. The van der Waals surface area contributed by atoms with Crippen molar-refractivity contribution in [1.82, 2.24) is 5.32 Å². The van der Waals surface area contributed by atoms with Crippen LogP contribution in [-0.2, 0) is 4.79 Å². The number of amides is 1. The van der Waals surface area contributed by atoms with Gasteiger partial charge in [0.15, 0.2) is 0 Å². The van der Waals surface area contributed by atoms with Crippen LogP contribution in [0.4, 0.5) is 0 Å². The van der Waals surface area contributed by atoms with Crippen molar-refractivity contribution in [2.24, 2.45) is 0 Å². The van der Waals surface area contributed by atoms with Gasteiger partial charge in [-0.25, -0.2) is 0 Å². The lowest BCUT2D eigenvalue weighted by atomic mass is 10.1. The second kappa shape index (κ2) is 7.31. The number of thiol groups is 1. The zero-order valence-corrected chi connectivity index (χ0v) is 12.1. The lowest BCUT2D eigenvalue weighted by Gasteiger charge is -2.12. The molecule has 1 N–H and O–H groups in total. The van der Waals surface area contributed by atoms with Gasteiger partial charge in [-0.1, -0.05) is 6.07 Å². The number of ether oxygens (including phenoxy) is 1. The average Bonchev–Trinajstić information content (AvgIpc) is 2.32. The van der Waals surface area contributed by atoms with Crippen molar-refractivity contribution in [1.29, 1.82) is 0 Å². The van der Waals surface area contributed by atoms with E-state index in [0.29, 0.717) is 25.3 Å². The van der Waals surface area contributed by atoms with Crippen molar-refractivity contribution in [3.63, 3.8) is 0 Å². The minimum Gasteiger partial charge on any atom is -0.493 e. The van der Waals surface area contributed by atoms with Gasteiger partial charge in [-0.2, -0.15) is 12.6 Å².